The van der Waals surface area contributed by atoms with E-state index in [2.05, 4.69) is 35.6 Å². The van der Waals surface area contributed by atoms with Crippen molar-refractivity contribution >= 4 is 100 Å². The third kappa shape index (κ3) is 12.1. The molecule has 0 atom stereocenters. The first-order valence-corrected chi connectivity index (χ1v) is 26.8. The Hall–Kier alpha value is -9.92. The van der Waals surface area contributed by atoms with Crippen LogP contribution in [0.3, 0.4) is 0 Å². The topological polar surface area (TPSA) is 206 Å². The van der Waals surface area contributed by atoms with Gasteiger partial charge in [-0.05, 0) is 127 Å². The lowest BCUT2D eigenvalue weighted by atomic mass is 10.1. The molecule has 2 heterocycles. The minimum atomic E-state index is -4.82. The SMILES string of the molecule is O=S(=O)(O)c1cc(Nc2cc(Oc3ccc4ccccc4c3)nc(Oc3ccc4ccccc4c3)n2)ccc1/C=C/c1ccc(Nc2cc(Oc3ccc4ccccc4c3)nc(Oc3ccc4ccccc4c3)n2)cc1SOOO. The van der Waals surface area contributed by atoms with Gasteiger partial charge in [-0.25, -0.2) is 5.26 Å². The summed E-state index contributed by atoms with van der Waals surface area (Å²) in [5.41, 5.74) is 1.40. The number of anilines is 4. The molecule has 10 aromatic carbocycles. The lowest BCUT2D eigenvalue weighted by Crippen LogP contribution is -2.04. The minimum Gasteiger partial charge on any atom is -0.439 e. The Bertz CT molecular complexity index is 4250. The highest BCUT2D eigenvalue weighted by Gasteiger charge is 2.18. The molecular weight excluding hydrogens is 1050 g/mol. The normalized spacial score (nSPS) is 11.6. The molecule has 0 amide bonds. The van der Waals surface area contributed by atoms with Crippen molar-refractivity contribution in [3.63, 3.8) is 0 Å². The van der Waals surface area contributed by atoms with Crippen LogP contribution >= 0.6 is 12.0 Å². The molecule has 0 unspecified atom stereocenters. The molecule has 18 heteroatoms. The highest BCUT2D eigenvalue weighted by molar-refractivity contribution is 7.94. The van der Waals surface area contributed by atoms with Crippen molar-refractivity contribution in [2.45, 2.75) is 9.79 Å². The minimum absolute atomic E-state index is 0.00613. The van der Waals surface area contributed by atoms with Gasteiger partial charge in [-0.2, -0.15) is 28.4 Å². The summed E-state index contributed by atoms with van der Waals surface area (Å²) in [5, 5.41) is 27.6. The van der Waals surface area contributed by atoms with Gasteiger partial charge in [-0.15, -0.1) is 4.33 Å². The summed E-state index contributed by atoms with van der Waals surface area (Å²) in [4.78, 5) is 18.4. The highest BCUT2D eigenvalue weighted by atomic mass is 32.2. The van der Waals surface area contributed by atoms with E-state index in [0.29, 0.717) is 57.0 Å². The molecule has 2 aromatic heterocycles. The fourth-order valence-corrected chi connectivity index (χ4v) is 10.1. The molecule has 0 fully saturated rings. The van der Waals surface area contributed by atoms with Gasteiger partial charge in [0.05, 0.1) is 12.0 Å². The summed E-state index contributed by atoms with van der Waals surface area (Å²) < 4.78 is 66.6. The molecule has 392 valence electrons. The second kappa shape index (κ2) is 22.6. The van der Waals surface area contributed by atoms with Crippen LogP contribution in [0.1, 0.15) is 11.1 Å². The molecule has 0 spiro atoms. The Morgan fingerprint density at radius 1 is 0.412 bits per heavy atom. The summed E-state index contributed by atoms with van der Waals surface area (Å²) in [7, 11) is -4.82. The molecule has 0 saturated carbocycles. The van der Waals surface area contributed by atoms with Crippen LogP contribution in [0.15, 0.2) is 228 Å². The average Bonchev–Trinajstić information content (AvgIpc) is 3.48. The van der Waals surface area contributed by atoms with Crippen molar-refractivity contribution in [3.05, 3.63) is 230 Å². The van der Waals surface area contributed by atoms with Gasteiger partial charge in [0.15, 0.2) is 0 Å². The van der Waals surface area contributed by atoms with E-state index in [1.54, 1.807) is 48.5 Å². The molecule has 0 bridgehead atoms. The Labute approximate surface area is 461 Å². The molecule has 0 aliphatic heterocycles. The van der Waals surface area contributed by atoms with E-state index in [1.165, 1.54) is 18.2 Å². The van der Waals surface area contributed by atoms with Gasteiger partial charge in [0.1, 0.15) is 39.5 Å². The van der Waals surface area contributed by atoms with E-state index in [9.17, 15) is 18.2 Å². The van der Waals surface area contributed by atoms with Crippen LogP contribution in [0.25, 0.3) is 55.2 Å². The molecule has 16 nitrogen and oxygen atoms in total. The molecule has 0 saturated heterocycles. The predicted octanol–water partition coefficient (Wildman–Crippen LogP) is 16.4. The predicted molar refractivity (Wildman–Crippen MR) is 309 cm³/mol. The highest BCUT2D eigenvalue weighted by Crippen LogP contribution is 2.36. The third-order valence-electron chi connectivity index (χ3n) is 12.6. The molecule has 12 rings (SSSR count). The zero-order valence-corrected chi connectivity index (χ0v) is 43.3. The second-order valence-electron chi connectivity index (χ2n) is 18.0. The summed E-state index contributed by atoms with van der Waals surface area (Å²) in [6.07, 6.45) is 3.11. The van der Waals surface area contributed by atoms with Crippen LogP contribution in [0, 0.1) is 0 Å². The van der Waals surface area contributed by atoms with Gasteiger partial charge in [0.25, 0.3) is 10.1 Å². The molecule has 0 aliphatic carbocycles. The van der Waals surface area contributed by atoms with E-state index in [1.807, 2.05) is 164 Å². The number of nitrogens with zero attached hydrogens (tertiary/aromatic N) is 4. The number of rotatable bonds is 18. The zero-order chi connectivity index (χ0) is 54.4. The molecule has 0 aliphatic rings. The van der Waals surface area contributed by atoms with Crippen LogP contribution in [-0.2, 0) is 19.5 Å². The van der Waals surface area contributed by atoms with Gasteiger partial charge in [0, 0.05) is 28.4 Å². The van der Waals surface area contributed by atoms with E-state index in [-0.39, 0.29) is 40.8 Å². The van der Waals surface area contributed by atoms with E-state index < -0.39 is 15.0 Å². The van der Waals surface area contributed by atoms with Crippen LogP contribution in [-0.4, -0.2) is 38.2 Å². The number of nitrogens with one attached hydrogen (secondary N) is 2. The van der Waals surface area contributed by atoms with E-state index in [0.717, 1.165) is 43.1 Å². The number of ether oxygens (including phenoxy) is 4. The maximum Gasteiger partial charge on any atom is 0.327 e. The van der Waals surface area contributed by atoms with Crippen molar-refractivity contribution in [3.8, 4) is 46.8 Å². The first kappa shape index (κ1) is 50.9. The molecular formula is C62H42N6O10S2. The Balaban J connectivity index is 0.821. The van der Waals surface area contributed by atoms with Crippen molar-refractivity contribution < 1.29 is 46.5 Å². The fourth-order valence-electron chi connectivity index (χ4n) is 8.83. The third-order valence-corrected chi connectivity index (χ3v) is 14.1. The molecule has 0 radical (unpaired) electrons. The number of hydrogen-bond donors (Lipinski definition) is 4. The number of hydrogen-bond acceptors (Lipinski definition) is 16. The Kier molecular flexibility index (Phi) is 14.4. The lowest BCUT2D eigenvalue weighted by molar-refractivity contribution is -0.432. The standard InChI is InChI=1S/C62H42N6O10S2/c69-77-78-79-55-35-49(63-57-37-59(73-51-27-21-39-9-1-5-13-45(39)31-51)67-61(65-57)75-53-29-23-41-11-3-7-15-47(41)33-53)25-19-43(55)17-18-44-20-26-50(36-56(44)80(70,71)72)64-58-38-60(74-52-28-22-40-10-2-6-14-46(40)32-52)68-62(66-58)76-54-30-24-42-12-4-8-16-48(42)34-54/h1-38,69H,(H,63,65,67)(H,64,66,68)(H,70,71,72)/b18-17+. The molecule has 12 aromatic rings. The smallest absolute Gasteiger partial charge is 0.327 e. The van der Waals surface area contributed by atoms with Gasteiger partial charge in [0.2, 0.25) is 11.8 Å². The van der Waals surface area contributed by atoms with Crippen molar-refractivity contribution in [2.75, 3.05) is 10.6 Å². The zero-order valence-electron chi connectivity index (χ0n) is 41.7. The largest absolute Gasteiger partial charge is 0.439 e. The summed E-state index contributed by atoms with van der Waals surface area (Å²) >= 11 is 0.680. The van der Waals surface area contributed by atoms with E-state index in [4.69, 9.17) is 23.3 Å². The van der Waals surface area contributed by atoms with Crippen molar-refractivity contribution in [1.29, 1.82) is 0 Å². The molecule has 80 heavy (non-hydrogen) atoms. The van der Waals surface area contributed by atoms with E-state index >= 15 is 0 Å². The summed E-state index contributed by atoms with van der Waals surface area (Å²) in [6.45, 7) is 0. The summed E-state index contributed by atoms with van der Waals surface area (Å²) in [5.74, 6) is 2.88. The Morgan fingerprint density at radius 3 is 1.23 bits per heavy atom. The number of benzene rings is 10. The number of aromatic nitrogens is 4. The van der Waals surface area contributed by atoms with Crippen LogP contribution < -0.4 is 29.6 Å². The van der Waals surface area contributed by atoms with Gasteiger partial charge >= 0.3 is 12.0 Å². The Morgan fingerprint density at radius 2 is 0.800 bits per heavy atom. The first-order chi connectivity index (χ1) is 39.1. The van der Waals surface area contributed by atoms with Gasteiger partial charge in [-0.3, -0.25) is 4.55 Å². The lowest BCUT2D eigenvalue weighted by Gasteiger charge is -2.13. The average molecular weight is 1100 g/mol. The number of fused-ring (bicyclic) bond motifs is 4. The van der Waals surface area contributed by atoms with Gasteiger partial charge in [-0.1, -0.05) is 151 Å². The van der Waals surface area contributed by atoms with Crippen molar-refractivity contribution in [2.24, 2.45) is 0 Å². The second-order valence-corrected chi connectivity index (χ2v) is 20.1. The van der Waals surface area contributed by atoms with Crippen LogP contribution in [0.5, 0.6) is 46.8 Å². The van der Waals surface area contributed by atoms with Crippen LogP contribution in [0.2, 0.25) is 0 Å². The maximum atomic E-state index is 13.1. The van der Waals surface area contributed by atoms with Gasteiger partial charge < -0.3 is 29.6 Å². The van der Waals surface area contributed by atoms with Crippen molar-refractivity contribution in [1.82, 2.24) is 19.9 Å². The summed E-state index contributed by atoms with van der Waals surface area (Å²) in [6, 6.07) is 66.9. The quantitative estimate of drug-likeness (QED) is 0.0207. The maximum absolute atomic E-state index is 13.1. The monoisotopic (exact) mass is 1090 g/mol. The fraction of sp³-hybridized carbons (Fsp3) is 0. The molecule has 4 N–H and O–H groups in total. The van der Waals surface area contributed by atoms with Crippen LogP contribution in [0.4, 0.5) is 23.0 Å². The first-order valence-electron chi connectivity index (χ1n) is 24.7.